The van der Waals surface area contributed by atoms with Crippen LogP contribution >= 0.6 is 0 Å². The van der Waals surface area contributed by atoms with Gasteiger partial charge in [-0.3, -0.25) is 24.5 Å². The van der Waals surface area contributed by atoms with Crippen LogP contribution in [-0.4, -0.2) is 35.1 Å². The Labute approximate surface area is 246 Å². The molecule has 0 aliphatic carbocycles. The smallest absolute Gasteiger partial charge is 0.338 e. The first-order chi connectivity index (χ1) is 20.4. The predicted octanol–water partition coefficient (Wildman–Crippen LogP) is 6.52. The van der Waals surface area contributed by atoms with Crippen LogP contribution in [0, 0.1) is 10.1 Å². The first-order valence-corrected chi connectivity index (χ1v) is 13.3. The van der Waals surface area contributed by atoms with Crippen LogP contribution < -0.4 is 9.64 Å². The first kappa shape index (κ1) is 28.9. The Balaban J connectivity index is 1.25. The largest absolute Gasteiger partial charge is 0.457 e. The van der Waals surface area contributed by atoms with Crippen LogP contribution in [0.3, 0.4) is 0 Å². The van der Waals surface area contributed by atoms with E-state index in [1.54, 1.807) is 24.3 Å². The highest BCUT2D eigenvalue weighted by Gasteiger charge is 2.37. The summed E-state index contributed by atoms with van der Waals surface area (Å²) < 4.78 is 11.0. The van der Waals surface area contributed by atoms with Crippen LogP contribution in [0.4, 0.5) is 11.4 Å². The summed E-state index contributed by atoms with van der Waals surface area (Å²) in [5.41, 5.74) is 1.37. The van der Waals surface area contributed by atoms with Gasteiger partial charge in [-0.15, -0.1) is 0 Å². The van der Waals surface area contributed by atoms with Crippen molar-refractivity contribution >= 4 is 34.9 Å². The molecule has 2 amide bonds. The van der Waals surface area contributed by atoms with E-state index in [-0.39, 0.29) is 33.4 Å². The van der Waals surface area contributed by atoms with E-state index in [0.717, 1.165) is 11.0 Å². The fraction of sp³-hybridized carbons (Fsp3) is 0.152. The number of esters is 1. The van der Waals surface area contributed by atoms with Gasteiger partial charge in [0.25, 0.3) is 17.5 Å². The Bertz CT molecular complexity index is 1770. The number of Topliss-reactive ketones (excluding diaryl/α,β-unsaturated/α-hetero) is 1. The zero-order chi connectivity index (χ0) is 30.9. The second-order valence-electron chi connectivity index (χ2n) is 10.9. The van der Waals surface area contributed by atoms with Gasteiger partial charge in [0.1, 0.15) is 11.5 Å². The second-order valence-corrected chi connectivity index (χ2v) is 10.9. The molecule has 10 nitrogen and oxygen atoms in total. The number of nitrogens with zero attached hydrogens (tertiary/aromatic N) is 2. The number of fused-ring (bicyclic) bond motifs is 1. The minimum Gasteiger partial charge on any atom is -0.457 e. The maximum absolute atomic E-state index is 13.2. The van der Waals surface area contributed by atoms with Crippen molar-refractivity contribution in [3.63, 3.8) is 0 Å². The quantitative estimate of drug-likeness (QED) is 0.0758. The molecule has 5 rings (SSSR count). The summed E-state index contributed by atoms with van der Waals surface area (Å²) in [4.78, 5) is 62.7. The molecule has 4 aromatic rings. The predicted molar refractivity (Wildman–Crippen MR) is 157 cm³/mol. The molecule has 4 aromatic carbocycles. The molecule has 10 heteroatoms. The van der Waals surface area contributed by atoms with Gasteiger partial charge in [-0.25, -0.2) is 9.69 Å². The van der Waals surface area contributed by atoms with Gasteiger partial charge in [0.15, 0.2) is 6.61 Å². The van der Waals surface area contributed by atoms with Crippen molar-refractivity contribution in [2.75, 3.05) is 11.5 Å². The second kappa shape index (κ2) is 11.3. The number of benzene rings is 4. The number of ether oxygens (including phenoxy) is 2. The molecule has 216 valence electrons. The van der Waals surface area contributed by atoms with E-state index in [9.17, 15) is 29.3 Å². The Morgan fingerprint density at radius 3 is 2.05 bits per heavy atom. The lowest BCUT2D eigenvalue weighted by Gasteiger charge is -2.19. The van der Waals surface area contributed by atoms with Crippen molar-refractivity contribution in [1.82, 2.24) is 0 Å². The van der Waals surface area contributed by atoms with Crippen LogP contribution in [0.1, 0.15) is 67.8 Å². The van der Waals surface area contributed by atoms with Crippen LogP contribution in [0.5, 0.6) is 11.5 Å². The number of nitro groups is 1. The molecule has 1 aliphatic rings. The Morgan fingerprint density at radius 1 is 0.791 bits per heavy atom. The van der Waals surface area contributed by atoms with Crippen molar-refractivity contribution in [3.8, 4) is 11.5 Å². The molecule has 0 radical (unpaired) electrons. The van der Waals surface area contributed by atoms with Crippen molar-refractivity contribution < 1.29 is 33.6 Å². The number of non-ortho nitro benzene ring substituents is 1. The number of imide groups is 1. The lowest BCUT2D eigenvalue weighted by Crippen LogP contribution is -2.29. The van der Waals surface area contributed by atoms with Gasteiger partial charge in [0.2, 0.25) is 5.78 Å². The molecule has 43 heavy (non-hydrogen) atoms. The van der Waals surface area contributed by atoms with E-state index < -0.39 is 35.1 Å². The summed E-state index contributed by atoms with van der Waals surface area (Å²) in [6, 6.07) is 23.2. The van der Waals surface area contributed by atoms with Crippen LogP contribution in [0.2, 0.25) is 0 Å². The Morgan fingerprint density at radius 2 is 1.42 bits per heavy atom. The van der Waals surface area contributed by atoms with E-state index >= 15 is 0 Å². The number of carbonyl (C=O) groups is 4. The van der Waals surface area contributed by atoms with Gasteiger partial charge in [-0.05, 0) is 65.6 Å². The molecule has 0 aromatic heterocycles. The Hall–Kier alpha value is -5.64. The van der Waals surface area contributed by atoms with E-state index in [1.807, 2.05) is 24.3 Å². The number of carbonyl (C=O) groups excluding carboxylic acids is 4. The summed E-state index contributed by atoms with van der Waals surface area (Å²) in [7, 11) is 0. The highest BCUT2D eigenvalue weighted by Crippen LogP contribution is 2.32. The Kier molecular flexibility index (Phi) is 7.60. The van der Waals surface area contributed by atoms with E-state index in [4.69, 9.17) is 9.47 Å². The molecule has 0 unspecified atom stereocenters. The number of nitro benzene ring substituents is 1. The highest BCUT2D eigenvalue weighted by atomic mass is 16.6. The normalized spacial score (nSPS) is 12.6. The maximum atomic E-state index is 13.2. The van der Waals surface area contributed by atoms with Gasteiger partial charge >= 0.3 is 5.97 Å². The molecule has 0 saturated heterocycles. The minimum atomic E-state index is -0.891. The van der Waals surface area contributed by atoms with Gasteiger partial charge in [-0.1, -0.05) is 45.0 Å². The topological polar surface area (TPSA) is 133 Å². The number of anilines is 1. The molecule has 0 saturated carbocycles. The van der Waals surface area contributed by atoms with Crippen molar-refractivity contribution in [1.29, 1.82) is 0 Å². The molecular weight excluding hydrogens is 552 g/mol. The monoisotopic (exact) mass is 578 g/mol. The van der Waals surface area contributed by atoms with Crippen LogP contribution in [0.15, 0.2) is 91.0 Å². The number of hydrogen-bond acceptors (Lipinski definition) is 8. The third-order valence-corrected chi connectivity index (χ3v) is 6.89. The third kappa shape index (κ3) is 6.03. The molecule has 0 atom stereocenters. The molecule has 0 N–H and O–H groups in total. The zero-order valence-electron chi connectivity index (χ0n) is 23.5. The van der Waals surface area contributed by atoms with Crippen LogP contribution in [-0.2, 0) is 10.2 Å². The summed E-state index contributed by atoms with van der Waals surface area (Å²) in [5, 5.41) is 10.9. The van der Waals surface area contributed by atoms with E-state index in [2.05, 4.69) is 20.8 Å². The summed E-state index contributed by atoms with van der Waals surface area (Å²) >= 11 is 0. The SMILES string of the molecule is CC(C)(C)c1ccc(Oc2ccc(N3C(=O)c4ccc(C(=O)OCC(=O)c5cccc([N+](=O)[O-])c5)cc4C3=O)cc2)cc1. The van der Waals surface area contributed by atoms with Crippen molar-refractivity contribution in [3.05, 3.63) is 129 Å². The third-order valence-electron chi connectivity index (χ3n) is 6.89. The van der Waals surface area contributed by atoms with E-state index in [1.165, 1.54) is 42.0 Å². The average molecular weight is 579 g/mol. The molecule has 1 heterocycles. The fourth-order valence-electron chi connectivity index (χ4n) is 4.52. The van der Waals surface area contributed by atoms with Gasteiger partial charge in [0, 0.05) is 17.7 Å². The first-order valence-electron chi connectivity index (χ1n) is 13.3. The van der Waals surface area contributed by atoms with Crippen molar-refractivity contribution in [2.24, 2.45) is 0 Å². The van der Waals surface area contributed by atoms with Gasteiger partial charge in [-0.2, -0.15) is 0 Å². The van der Waals surface area contributed by atoms with Gasteiger partial charge in [0.05, 0.1) is 27.3 Å². The number of hydrogen-bond donors (Lipinski definition) is 0. The summed E-state index contributed by atoms with van der Waals surface area (Å²) in [6.45, 7) is 5.72. The lowest BCUT2D eigenvalue weighted by molar-refractivity contribution is -0.384. The fourth-order valence-corrected chi connectivity index (χ4v) is 4.52. The molecular formula is C33H26N2O8. The summed E-state index contributed by atoms with van der Waals surface area (Å²) in [6.07, 6.45) is 0. The average Bonchev–Trinajstić information content (AvgIpc) is 3.24. The molecule has 1 aliphatic heterocycles. The molecule has 0 spiro atoms. The number of amides is 2. The van der Waals surface area contributed by atoms with Crippen LogP contribution in [0.25, 0.3) is 0 Å². The number of rotatable bonds is 8. The van der Waals surface area contributed by atoms with Gasteiger partial charge < -0.3 is 9.47 Å². The lowest BCUT2D eigenvalue weighted by atomic mass is 9.87. The zero-order valence-corrected chi connectivity index (χ0v) is 23.5. The van der Waals surface area contributed by atoms with E-state index in [0.29, 0.717) is 17.2 Å². The summed E-state index contributed by atoms with van der Waals surface area (Å²) in [5.74, 6) is -1.52. The maximum Gasteiger partial charge on any atom is 0.338 e. The minimum absolute atomic E-state index is 0.0160. The standard InChI is InChI=1S/C33H26N2O8/c1-33(2,3)22-8-12-25(13-9-22)43-26-14-10-23(11-15-26)34-30(37)27-16-7-21(18-28(27)31(34)38)32(39)42-19-29(36)20-5-4-6-24(17-20)35(40)41/h4-18H,19H2,1-3H3. The highest BCUT2D eigenvalue weighted by molar-refractivity contribution is 6.34. The molecule has 0 fully saturated rings. The molecule has 0 bridgehead atoms. The van der Waals surface area contributed by atoms with Crippen molar-refractivity contribution in [2.45, 2.75) is 26.2 Å². The number of ketones is 1.